The maximum Gasteiger partial charge on any atom is 0.267 e. The van der Waals surface area contributed by atoms with Gasteiger partial charge >= 0.3 is 0 Å². The molecule has 0 aliphatic rings. The number of primary amides is 1. The van der Waals surface area contributed by atoms with Crippen molar-refractivity contribution in [1.29, 1.82) is 5.26 Å². The van der Waals surface area contributed by atoms with Crippen LogP contribution < -0.4 is 5.73 Å². The second-order valence-electron chi connectivity index (χ2n) is 2.87. The van der Waals surface area contributed by atoms with Crippen molar-refractivity contribution in [2.45, 2.75) is 13.3 Å². The Labute approximate surface area is 84.3 Å². The molecule has 6 heteroatoms. The van der Waals surface area contributed by atoms with E-state index in [1.807, 2.05) is 0 Å². The van der Waals surface area contributed by atoms with Crippen molar-refractivity contribution in [3.05, 3.63) is 28.6 Å². The lowest BCUT2D eigenvalue weighted by molar-refractivity contribution is 0.0994. The highest BCUT2D eigenvalue weighted by molar-refractivity contribution is 5.92. The van der Waals surface area contributed by atoms with Crippen LogP contribution in [-0.4, -0.2) is 10.9 Å². The van der Waals surface area contributed by atoms with Crippen LogP contribution in [0.1, 0.15) is 33.7 Å². The molecule has 0 bridgehead atoms. The number of aryl methyl sites for hydroxylation is 1. The molecule has 0 aliphatic heterocycles. The average molecular weight is 211 g/mol. The van der Waals surface area contributed by atoms with E-state index in [1.165, 1.54) is 13.0 Å². The fourth-order valence-corrected chi connectivity index (χ4v) is 1.14. The maximum atomic E-state index is 12.4. The van der Waals surface area contributed by atoms with Gasteiger partial charge in [-0.2, -0.15) is 5.26 Å². The van der Waals surface area contributed by atoms with Crippen molar-refractivity contribution in [1.82, 2.24) is 4.98 Å². The predicted octanol–water partition coefficient (Wildman–Crippen LogP) is 1.30. The van der Waals surface area contributed by atoms with E-state index < -0.39 is 23.6 Å². The topological polar surface area (TPSA) is 79.8 Å². The van der Waals surface area contributed by atoms with Gasteiger partial charge in [0.2, 0.25) is 0 Å². The first kappa shape index (κ1) is 11.0. The Kier molecular flexibility index (Phi) is 2.95. The summed E-state index contributed by atoms with van der Waals surface area (Å²) in [7, 11) is 0. The zero-order valence-corrected chi connectivity index (χ0v) is 7.79. The minimum atomic E-state index is -2.80. The summed E-state index contributed by atoms with van der Waals surface area (Å²) in [5.74, 6) is -0.843. The molecule has 0 saturated carbocycles. The lowest BCUT2D eigenvalue weighted by atomic mass is 10.1. The van der Waals surface area contributed by atoms with Gasteiger partial charge in [0.05, 0.1) is 5.56 Å². The van der Waals surface area contributed by atoms with Gasteiger partial charge in [-0.3, -0.25) is 4.79 Å². The van der Waals surface area contributed by atoms with E-state index >= 15 is 0 Å². The summed E-state index contributed by atoms with van der Waals surface area (Å²) in [5.41, 5.74) is 4.09. The van der Waals surface area contributed by atoms with Crippen molar-refractivity contribution in [3.8, 4) is 6.07 Å². The van der Waals surface area contributed by atoms with Gasteiger partial charge in [-0.25, -0.2) is 13.8 Å². The molecule has 1 aromatic heterocycles. The third kappa shape index (κ3) is 2.07. The van der Waals surface area contributed by atoms with Gasteiger partial charge in [0, 0.05) is 0 Å². The van der Waals surface area contributed by atoms with Crippen LogP contribution in [0.4, 0.5) is 8.78 Å². The molecule has 78 valence electrons. The molecule has 1 rings (SSSR count). The van der Waals surface area contributed by atoms with Gasteiger partial charge < -0.3 is 5.73 Å². The van der Waals surface area contributed by atoms with E-state index in [4.69, 9.17) is 11.0 Å². The Bertz CT molecular complexity index is 451. The van der Waals surface area contributed by atoms with E-state index in [-0.39, 0.29) is 11.3 Å². The number of nitrogens with two attached hydrogens (primary N) is 1. The summed E-state index contributed by atoms with van der Waals surface area (Å²) in [6.07, 6.45) is -2.80. The lowest BCUT2D eigenvalue weighted by Gasteiger charge is -2.06. The van der Waals surface area contributed by atoms with Crippen molar-refractivity contribution in [2.24, 2.45) is 5.73 Å². The number of hydrogen-bond acceptors (Lipinski definition) is 3. The molecule has 1 heterocycles. The molecule has 4 nitrogen and oxygen atoms in total. The number of alkyl halides is 2. The number of amides is 1. The summed E-state index contributed by atoms with van der Waals surface area (Å²) in [4.78, 5) is 14.3. The molecule has 0 unspecified atom stereocenters. The Morgan fingerprint density at radius 1 is 1.67 bits per heavy atom. The third-order valence-electron chi connectivity index (χ3n) is 1.82. The Morgan fingerprint density at radius 3 is 2.67 bits per heavy atom. The summed E-state index contributed by atoms with van der Waals surface area (Å²) in [6.45, 7) is 1.43. The largest absolute Gasteiger partial charge is 0.364 e. The van der Waals surface area contributed by atoms with Crippen molar-refractivity contribution < 1.29 is 13.6 Å². The van der Waals surface area contributed by atoms with E-state index in [0.717, 1.165) is 6.07 Å². The number of pyridine rings is 1. The Balaban J connectivity index is 3.44. The SMILES string of the molecule is Cc1cc(C(F)F)c(C#N)nc1C(N)=O. The Hall–Kier alpha value is -2.03. The van der Waals surface area contributed by atoms with E-state index in [1.54, 1.807) is 0 Å². The van der Waals surface area contributed by atoms with Crippen LogP contribution in [0, 0.1) is 18.3 Å². The summed E-state index contributed by atoms with van der Waals surface area (Å²) < 4.78 is 24.8. The number of nitriles is 1. The van der Waals surface area contributed by atoms with Crippen molar-refractivity contribution in [2.75, 3.05) is 0 Å². The normalized spacial score (nSPS) is 10.1. The van der Waals surface area contributed by atoms with Gasteiger partial charge in [0.1, 0.15) is 17.5 Å². The number of rotatable bonds is 2. The average Bonchev–Trinajstić information content (AvgIpc) is 2.16. The van der Waals surface area contributed by atoms with E-state index in [2.05, 4.69) is 4.98 Å². The molecule has 2 N–H and O–H groups in total. The Morgan fingerprint density at radius 2 is 2.27 bits per heavy atom. The van der Waals surface area contributed by atoms with Gasteiger partial charge in [-0.05, 0) is 18.6 Å². The zero-order chi connectivity index (χ0) is 11.6. The molecule has 1 amide bonds. The molecule has 0 atom stereocenters. The number of hydrogen-bond donors (Lipinski definition) is 1. The van der Waals surface area contributed by atoms with Crippen LogP contribution in [-0.2, 0) is 0 Å². The van der Waals surface area contributed by atoms with E-state index in [9.17, 15) is 13.6 Å². The quantitative estimate of drug-likeness (QED) is 0.800. The minimum Gasteiger partial charge on any atom is -0.364 e. The van der Waals surface area contributed by atoms with Gasteiger partial charge in [-0.15, -0.1) is 0 Å². The fourth-order valence-electron chi connectivity index (χ4n) is 1.14. The highest BCUT2D eigenvalue weighted by Gasteiger charge is 2.18. The summed E-state index contributed by atoms with van der Waals surface area (Å²) in [5, 5.41) is 8.57. The van der Waals surface area contributed by atoms with Gasteiger partial charge in [-0.1, -0.05) is 0 Å². The second kappa shape index (κ2) is 4.00. The highest BCUT2D eigenvalue weighted by atomic mass is 19.3. The van der Waals surface area contributed by atoms with Crippen LogP contribution in [0.15, 0.2) is 6.07 Å². The highest BCUT2D eigenvalue weighted by Crippen LogP contribution is 2.23. The molecule has 15 heavy (non-hydrogen) atoms. The monoisotopic (exact) mass is 211 g/mol. The van der Waals surface area contributed by atoms with E-state index in [0.29, 0.717) is 0 Å². The van der Waals surface area contributed by atoms with Crippen LogP contribution >= 0.6 is 0 Å². The number of nitrogens with zero attached hydrogens (tertiary/aromatic N) is 2. The first-order chi connectivity index (χ1) is 6.97. The minimum absolute atomic E-state index is 0.157. The molecule has 0 saturated heterocycles. The first-order valence-electron chi connectivity index (χ1n) is 3.97. The smallest absolute Gasteiger partial charge is 0.267 e. The molecular weight excluding hydrogens is 204 g/mol. The molecule has 1 aromatic rings. The fraction of sp³-hybridized carbons (Fsp3) is 0.222. The number of halogens is 2. The van der Waals surface area contributed by atoms with Gasteiger partial charge in [0.25, 0.3) is 12.3 Å². The zero-order valence-electron chi connectivity index (χ0n) is 7.79. The first-order valence-corrected chi connectivity index (χ1v) is 3.97. The predicted molar refractivity (Wildman–Crippen MR) is 47.2 cm³/mol. The summed E-state index contributed by atoms with van der Waals surface area (Å²) in [6, 6.07) is 2.55. The number of aromatic nitrogens is 1. The van der Waals surface area contributed by atoms with Gasteiger partial charge in [0.15, 0.2) is 0 Å². The maximum absolute atomic E-state index is 12.4. The molecular formula is C9H7F2N3O. The molecule has 0 spiro atoms. The molecule has 0 aromatic carbocycles. The molecule has 0 fully saturated rings. The third-order valence-corrected chi connectivity index (χ3v) is 1.82. The number of carbonyl (C=O) groups is 1. The van der Waals surface area contributed by atoms with Crippen LogP contribution in [0.3, 0.4) is 0 Å². The van der Waals surface area contributed by atoms with Crippen molar-refractivity contribution >= 4 is 5.91 Å². The van der Waals surface area contributed by atoms with Crippen molar-refractivity contribution in [3.63, 3.8) is 0 Å². The molecule has 0 radical (unpaired) electrons. The van der Waals surface area contributed by atoms with Crippen LogP contribution in [0.2, 0.25) is 0 Å². The van der Waals surface area contributed by atoms with Crippen LogP contribution in [0.5, 0.6) is 0 Å². The van der Waals surface area contributed by atoms with Crippen LogP contribution in [0.25, 0.3) is 0 Å². The molecule has 0 aliphatic carbocycles. The second-order valence-corrected chi connectivity index (χ2v) is 2.87. The number of carbonyl (C=O) groups excluding carboxylic acids is 1. The standard InChI is InChI=1S/C9H7F2N3O/c1-4-2-5(8(10)11)6(3-12)14-7(4)9(13)15/h2,8H,1H3,(H2,13,15). The summed E-state index contributed by atoms with van der Waals surface area (Å²) >= 11 is 0. The lowest BCUT2D eigenvalue weighted by Crippen LogP contribution is -2.16.